The van der Waals surface area contributed by atoms with E-state index < -0.39 is 0 Å². The second kappa shape index (κ2) is 9.33. The molecule has 5 heteroatoms. The van der Waals surface area contributed by atoms with E-state index in [1.165, 1.54) is 6.92 Å². The van der Waals surface area contributed by atoms with Crippen LogP contribution in [0.2, 0.25) is 0 Å². The number of benzene rings is 2. The lowest BCUT2D eigenvalue weighted by Gasteiger charge is -2.12. The van der Waals surface area contributed by atoms with Crippen molar-refractivity contribution in [2.24, 2.45) is 0 Å². The minimum atomic E-state index is -0.0486. The summed E-state index contributed by atoms with van der Waals surface area (Å²) in [5.41, 5.74) is 3.68. The van der Waals surface area contributed by atoms with Crippen LogP contribution in [0.15, 0.2) is 67.0 Å². The normalized spacial score (nSPS) is 11.1. The molecule has 1 aromatic heterocycles. The first kappa shape index (κ1) is 19.1. The fourth-order valence-electron chi connectivity index (χ4n) is 2.57. The maximum atomic E-state index is 11.1. The van der Waals surface area contributed by atoms with Crippen LogP contribution in [0, 0.1) is 11.8 Å². The zero-order valence-corrected chi connectivity index (χ0v) is 15.8. The van der Waals surface area contributed by atoms with Crippen LogP contribution in [-0.4, -0.2) is 15.9 Å². The quantitative estimate of drug-likeness (QED) is 0.696. The Morgan fingerprint density at radius 3 is 2.29 bits per heavy atom. The molecule has 1 unspecified atom stereocenters. The Labute approximate surface area is 164 Å². The van der Waals surface area contributed by atoms with Crippen LogP contribution < -0.4 is 10.1 Å². The molecule has 0 saturated heterocycles. The van der Waals surface area contributed by atoms with Gasteiger partial charge in [0.1, 0.15) is 6.61 Å². The SMILES string of the molecule is CC(=O)NC(C)c1ccc(C#Cc2cnc(OCc3ccccc3)nc2)cc1. The molecular formula is C23H21N3O2. The standard InChI is InChI=1S/C23H21N3O2/c1-17(26-18(2)27)22-12-10-19(11-13-22)8-9-21-14-24-23(25-15-21)28-16-20-6-4-3-5-7-20/h3-7,10-15,17H,16H2,1-2H3,(H,26,27). The van der Waals surface area contributed by atoms with E-state index in [0.29, 0.717) is 18.2 Å². The highest BCUT2D eigenvalue weighted by atomic mass is 16.5. The van der Waals surface area contributed by atoms with E-state index in [4.69, 9.17) is 4.74 Å². The molecule has 5 nitrogen and oxygen atoms in total. The molecule has 0 saturated carbocycles. The number of ether oxygens (including phenoxy) is 1. The molecule has 0 radical (unpaired) electrons. The molecule has 1 heterocycles. The number of carbonyl (C=O) groups excluding carboxylic acids is 1. The molecule has 3 aromatic rings. The van der Waals surface area contributed by atoms with Crippen molar-refractivity contribution in [2.45, 2.75) is 26.5 Å². The third-order valence-electron chi connectivity index (χ3n) is 4.02. The third-order valence-corrected chi connectivity index (χ3v) is 4.02. The van der Waals surface area contributed by atoms with Gasteiger partial charge in [-0.1, -0.05) is 54.3 Å². The van der Waals surface area contributed by atoms with Gasteiger partial charge in [-0.05, 0) is 30.2 Å². The maximum Gasteiger partial charge on any atom is 0.316 e. The highest BCUT2D eigenvalue weighted by molar-refractivity contribution is 5.73. The number of amides is 1. The molecule has 1 atom stereocenters. The van der Waals surface area contributed by atoms with Gasteiger partial charge in [0.15, 0.2) is 0 Å². The topological polar surface area (TPSA) is 64.1 Å². The molecule has 0 spiro atoms. The third kappa shape index (κ3) is 5.68. The fourth-order valence-corrected chi connectivity index (χ4v) is 2.57. The van der Waals surface area contributed by atoms with Crippen molar-refractivity contribution < 1.29 is 9.53 Å². The van der Waals surface area contributed by atoms with Gasteiger partial charge in [-0.3, -0.25) is 4.79 Å². The summed E-state index contributed by atoms with van der Waals surface area (Å²) < 4.78 is 5.57. The highest BCUT2D eigenvalue weighted by Gasteiger charge is 2.05. The van der Waals surface area contributed by atoms with E-state index in [-0.39, 0.29) is 11.9 Å². The van der Waals surface area contributed by atoms with Crippen molar-refractivity contribution in [1.82, 2.24) is 15.3 Å². The summed E-state index contributed by atoms with van der Waals surface area (Å²) in [6.45, 7) is 3.88. The molecule has 3 rings (SSSR count). The second-order valence-electron chi connectivity index (χ2n) is 6.32. The lowest BCUT2D eigenvalue weighted by molar-refractivity contribution is -0.119. The van der Waals surface area contributed by atoms with Crippen molar-refractivity contribution in [3.8, 4) is 17.9 Å². The van der Waals surface area contributed by atoms with Gasteiger partial charge in [-0.25, -0.2) is 9.97 Å². The van der Waals surface area contributed by atoms with Gasteiger partial charge in [0, 0.05) is 24.9 Å². The molecular weight excluding hydrogens is 350 g/mol. The van der Waals surface area contributed by atoms with Gasteiger partial charge in [-0.15, -0.1) is 0 Å². The van der Waals surface area contributed by atoms with Gasteiger partial charge in [0.25, 0.3) is 0 Å². The van der Waals surface area contributed by atoms with E-state index in [2.05, 4.69) is 27.1 Å². The summed E-state index contributed by atoms with van der Waals surface area (Å²) >= 11 is 0. The number of hydrogen-bond donors (Lipinski definition) is 1. The van der Waals surface area contributed by atoms with E-state index >= 15 is 0 Å². The maximum absolute atomic E-state index is 11.1. The highest BCUT2D eigenvalue weighted by Crippen LogP contribution is 2.13. The average molecular weight is 371 g/mol. The molecule has 28 heavy (non-hydrogen) atoms. The summed E-state index contributed by atoms with van der Waals surface area (Å²) in [5, 5.41) is 2.86. The van der Waals surface area contributed by atoms with Crippen LogP contribution in [0.5, 0.6) is 6.01 Å². The number of nitrogens with zero attached hydrogens (tertiary/aromatic N) is 2. The molecule has 0 fully saturated rings. The minimum Gasteiger partial charge on any atom is -0.459 e. The predicted octanol–water partition coefficient (Wildman–Crippen LogP) is 3.65. The van der Waals surface area contributed by atoms with E-state index in [1.54, 1.807) is 12.4 Å². The van der Waals surface area contributed by atoms with Crippen molar-refractivity contribution in [3.05, 3.63) is 89.2 Å². The number of rotatable bonds is 5. The first-order valence-electron chi connectivity index (χ1n) is 8.98. The molecule has 0 aliphatic carbocycles. The first-order chi connectivity index (χ1) is 13.6. The Bertz CT molecular complexity index is 972. The Morgan fingerprint density at radius 2 is 1.64 bits per heavy atom. The Balaban J connectivity index is 1.58. The fraction of sp³-hybridized carbons (Fsp3) is 0.174. The van der Waals surface area contributed by atoms with Gasteiger partial charge in [0.2, 0.25) is 5.91 Å². The van der Waals surface area contributed by atoms with Crippen LogP contribution in [0.25, 0.3) is 0 Å². The first-order valence-corrected chi connectivity index (χ1v) is 8.98. The van der Waals surface area contributed by atoms with E-state index in [1.807, 2.05) is 61.5 Å². The van der Waals surface area contributed by atoms with Crippen molar-refractivity contribution >= 4 is 5.91 Å². The van der Waals surface area contributed by atoms with E-state index in [9.17, 15) is 4.79 Å². The Hall–Kier alpha value is -3.65. The summed E-state index contributed by atoms with van der Waals surface area (Å²) in [4.78, 5) is 19.5. The van der Waals surface area contributed by atoms with Crippen LogP contribution >= 0.6 is 0 Å². The molecule has 1 N–H and O–H groups in total. The molecule has 1 amide bonds. The largest absolute Gasteiger partial charge is 0.459 e. The molecule has 0 aliphatic rings. The zero-order chi connectivity index (χ0) is 19.8. The summed E-state index contributed by atoms with van der Waals surface area (Å²) in [6.07, 6.45) is 3.29. The second-order valence-corrected chi connectivity index (χ2v) is 6.32. The van der Waals surface area contributed by atoms with E-state index in [0.717, 1.165) is 16.7 Å². The Kier molecular flexibility index (Phi) is 6.37. The van der Waals surface area contributed by atoms with Gasteiger partial charge >= 0.3 is 6.01 Å². The van der Waals surface area contributed by atoms with Crippen LogP contribution in [0.4, 0.5) is 0 Å². The average Bonchev–Trinajstić information content (AvgIpc) is 2.72. The Morgan fingerprint density at radius 1 is 1.00 bits per heavy atom. The smallest absolute Gasteiger partial charge is 0.316 e. The zero-order valence-electron chi connectivity index (χ0n) is 15.8. The monoisotopic (exact) mass is 371 g/mol. The number of hydrogen-bond acceptors (Lipinski definition) is 4. The lowest BCUT2D eigenvalue weighted by atomic mass is 10.1. The molecule has 0 aliphatic heterocycles. The molecule has 140 valence electrons. The number of carbonyl (C=O) groups is 1. The van der Waals surface area contributed by atoms with Crippen LogP contribution in [0.1, 0.15) is 42.1 Å². The summed E-state index contributed by atoms with van der Waals surface area (Å²) in [5.74, 6) is 6.08. The molecule has 2 aromatic carbocycles. The van der Waals surface area contributed by atoms with Gasteiger partial charge < -0.3 is 10.1 Å². The minimum absolute atomic E-state index is 0.0312. The summed E-state index contributed by atoms with van der Waals surface area (Å²) in [7, 11) is 0. The summed E-state index contributed by atoms with van der Waals surface area (Å²) in [6, 6.07) is 17.9. The van der Waals surface area contributed by atoms with Gasteiger partial charge in [0.05, 0.1) is 11.6 Å². The predicted molar refractivity (Wildman–Crippen MR) is 107 cm³/mol. The van der Waals surface area contributed by atoms with Crippen molar-refractivity contribution in [3.63, 3.8) is 0 Å². The van der Waals surface area contributed by atoms with Crippen LogP contribution in [-0.2, 0) is 11.4 Å². The van der Waals surface area contributed by atoms with Crippen molar-refractivity contribution in [2.75, 3.05) is 0 Å². The van der Waals surface area contributed by atoms with Crippen LogP contribution in [0.3, 0.4) is 0 Å². The van der Waals surface area contributed by atoms with Gasteiger partial charge in [-0.2, -0.15) is 0 Å². The molecule has 0 bridgehead atoms. The lowest BCUT2D eigenvalue weighted by Crippen LogP contribution is -2.23. The number of nitrogens with one attached hydrogen (secondary N) is 1. The number of aromatic nitrogens is 2. The van der Waals surface area contributed by atoms with Crippen molar-refractivity contribution in [1.29, 1.82) is 0 Å².